The van der Waals surface area contributed by atoms with Gasteiger partial charge in [-0.1, -0.05) is 6.42 Å². The second-order valence-corrected chi connectivity index (χ2v) is 6.35. The van der Waals surface area contributed by atoms with Crippen LogP contribution in [0.2, 0.25) is 0 Å². The third kappa shape index (κ3) is 2.86. The Morgan fingerprint density at radius 3 is 2.74 bits per heavy atom. The minimum absolute atomic E-state index is 0.0509. The first-order valence-electron chi connectivity index (χ1n) is 6.39. The maximum absolute atomic E-state index is 12.3. The Morgan fingerprint density at radius 2 is 2.11 bits per heavy atom. The molecule has 1 aliphatic carbocycles. The fourth-order valence-electron chi connectivity index (χ4n) is 3.04. The van der Waals surface area contributed by atoms with Crippen LogP contribution in [0.1, 0.15) is 32.6 Å². The minimum Gasteiger partial charge on any atom is -0.465 e. The van der Waals surface area contributed by atoms with Crippen molar-refractivity contribution in [3.63, 3.8) is 0 Å². The van der Waals surface area contributed by atoms with Crippen molar-refractivity contribution >= 4 is 29.5 Å². The van der Waals surface area contributed by atoms with Crippen LogP contribution in [-0.2, 0) is 9.59 Å². The average molecular weight is 286 g/mol. The van der Waals surface area contributed by atoms with Gasteiger partial charge in [0.15, 0.2) is 0 Å². The maximum atomic E-state index is 12.3. The van der Waals surface area contributed by atoms with Crippen molar-refractivity contribution in [1.82, 2.24) is 10.6 Å². The van der Waals surface area contributed by atoms with Crippen LogP contribution in [-0.4, -0.2) is 39.6 Å². The molecule has 0 aromatic heterocycles. The number of ketones is 1. The summed E-state index contributed by atoms with van der Waals surface area (Å²) in [6.07, 6.45) is 1.96. The molecule has 0 bridgehead atoms. The van der Waals surface area contributed by atoms with E-state index in [1.165, 1.54) is 6.92 Å². The monoisotopic (exact) mass is 286 g/mol. The van der Waals surface area contributed by atoms with E-state index in [0.29, 0.717) is 12.2 Å². The number of carbonyl (C=O) groups is 3. The quantitative estimate of drug-likeness (QED) is 0.657. The summed E-state index contributed by atoms with van der Waals surface area (Å²) in [7, 11) is 0. The molecule has 1 saturated carbocycles. The number of amides is 2. The molecule has 2 fully saturated rings. The lowest BCUT2D eigenvalue weighted by molar-refractivity contribution is -0.127. The van der Waals surface area contributed by atoms with Crippen LogP contribution in [0.3, 0.4) is 0 Å². The lowest BCUT2D eigenvalue weighted by atomic mass is 9.86. The van der Waals surface area contributed by atoms with Crippen molar-refractivity contribution in [2.75, 3.05) is 5.75 Å². The maximum Gasteiger partial charge on any atom is 0.406 e. The minimum atomic E-state index is -1.22. The van der Waals surface area contributed by atoms with E-state index in [-0.39, 0.29) is 16.9 Å². The summed E-state index contributed by atoms with van der Waals surface area (Å²) in [5.74, 6) is -0.331. The molecule has 106 valence electrons. The van der Waals surface area contributed by atoms with Crippen LogP contribution in [0.4, 0.5) is 4.79 Å². The number of nitrogens with one attached hydrogen (secondary N) is 2. The molecule has 1 heterocycles. The molecule has 6 nitrogen and oxygen atoms in total. The van der Waals surface area contributed by atoms with Crippen molar-refractivity contribution in [3.8, 4) is 0 Å². The molecule has 3 atom stereocenters. The molecule has 0 aromatic rings. The van der Waals surface area contributed by atoms with Crippen LogP contribution in [0, 0.1) is 5.92 Å². The van der Waals surface area contributed by atoms with E-state index in [2.05, 4.69) is 10.6 Å². The fraction of sp³-hybridized carbons (Fsp3) is 0.750. The topological polar surface area (TPSA) is 95.5 Å². The fourth-order valence-corrected chi connectivity index (χ4v) is 4.75. The number of fused-ring (bicyclic) bond motifs is 1. The van der Waals surface area contributed by atoms with Crippen molar-refractivity contribution in [2.24, 2.45) is 5.92 Å². The van der Waals surface area contributed by atoms with Gasteiger partial charge in [0, 0.05) is 24.3 Å². The van der Waals surface area contributed by atoms with Gasteiger partial charge >= 0.3 is 6.09 Å². The molecule has 3 N–H and O–H groups in total. The van der Waals surface area contributed by atoms with E-state index in [1.807, 2.05) is 0 Å². The Balaban J connectivity index is 2.32. The van der Waals surface area contributed by atoms with E-state index in [0.717, 1.165) is 19.3 Å². The Bertz CT molecular complexity index is 397. The zero-order chi connectivity index (χ0) is 14.0. The van der Waals surface area contributed by atoms with Crippen molar-refractivity contribution in [3.05, 3.63) is 0 Å². The largest absolute Gasteiger partial charge is 0.465 e. The van der Waals surface area contributed by atoms with Crippen molar-refractivity contribution in [1.29, 1.82) is 0 Å². The lowest BCUT2D eigenvalue weighted by Gasteiger charge is -2.35. The van der Waals surface area contributed by atoms with Crippen LogP contribution < -0.4 is 10.6 Å². The van der Waals surface area contributed by atoms with Crippen LogP contribution in [0.15, 0.2) is 0 Å². The van der Waals surface area contributed by atoms with E-state index >= 15 is 0 Å². The zero-order valence-electron chi connectivity index (χ0n) is 10.8. The molecule has 0 spiro atoms. The second-order valence-electron chi connectivity index (χ2n) is 5.12. The highest BCUT2D eigenvalue weighted by Crippen LogP contribution is 2.44. The summed E-state index contributed by atoms with van der Waals surface area (Å²) >= 11 is 1.57. The highest BCUT2D eigenvalue weighted by atomic mass is 32.2. The third-order valence-electron chi connectivity index (χ3n) is 3.67. The van der Waals surface area contributed by atoms with Gasteiger partial charge in [0.2, 0.25) is 5.91 Å². The van der Waals surface area contributed by atoms with E-state index < -0.39 is 17.7 Å². The first-order valence-corrected chi connectivity index (χ1v) is 7.44. The molecule has 2 aliphatic rings. The van der Waals surface area contributed by atoms with E-state index in [1.54, 1.807) is 11.8 Å². The van der Waals surface area contributed by atoms with Crippen molar-refractivity contribution in [2.45, 2.75) is 43.5 Å². The number of rotatable bonds is 2. The summed E-state index contributed by atoms with van der Waals surface area (Å²) in [5, 5.41) is 14.2. The summed E-state index contributed by atoms with van der Waals surface area (Å²) < 4.78 is 0. The van der Waals surface area contributed by atoms with Gasteiger partial charge in [-0.3, -0.25) is 14.9 Å². The number of carbonyl (C=O) groups excluding carboxylic acids is 2. The number of hydrogen-bond donors (Lipinski definition) is 3. The van der Waals surface area contributed by atoms with Gasteiger partial charge in [0.25, 0.3) is 0 Å². The Labute approximate surface area is 115 Å². The summed E-state index contributed by atoms with van der Waals surface area (Å²) in [4.78, 5) is 34.7. The molecule has 1 aliphatic heterocycles. The van der Waals surface area contributed by atoms with Gasteiger partial charge < -0.3 is 10.4 Å². The summed E-state index contributed by atoms with van der Waals surface area (Å²) in [5.41, 5.74) is -1.14. The summed E-state index contributed by atoms with van der Waals surface area (Å²) in [6, 6.07) is 0. The van der Waals surface area contributed by atoms with Gasteiger partial charge in [0.05, 0.1) is 5.92 Å². The Hall–Kier alpha value is -1.24. The third-order valence-corrected chi connectivity index (χ3v) is 5.22. The predicted molar refractivity (Wildman–Crippen MR) is 70.9 cm³/mol. The van der Waals surface area contributed by atoms with Crippen LogP contribution in [0.25, 0.3) is 0 Å². The van der Waals surface area contributed by atoms with Gasteiger partial charge in [-0.05, 0) is 12.8 Å². The highest BCUT2D eigenvalue weighted by Gasteiger charge is 2.54. The predicted octanol–water partition coefficient (Wildman–Crippen LogP) is 0.961. The molecule has 2 rings (SSSR count). The van der Waals surface area contributed by atoms with E-state index in [9.17, 15) is 14.4 Å². The molecular formula is C12H18N2O4S. The number of hydrogen-bond acceptors (Lipinski definition) is 4. The highest BCUT2D eigenvalue weighted by molar-refractivity contribution is 8.00. The SMILES string of the molecule is CC(=O)NC1(NC(=O)O)CSC2CCCCC(=O)C21. The van der Waals surface area contributed by atoms with Crippen LogP contribution in [0.5, 0.6) is 0 Å². The number of Topliss-reactive ketones (excluding diaryl/α,β-unsaturated/α-hetero) is 1. The first kappa shape index (κ1) is 14.2. The molecule has 2 amide bonds. The molecule has 0 aromatic carbocycles. The average Bonchev–Trinajstić information content (AvgIpc) is 2.49. The van der Waals surface area contributed by atoms with Gasteiger partial charge in [-0.15, -0.1) is 0 Å². The zero-order valence-corrected chi connectivity index (χ0v) is 11.6. The Kier molecular flexibility index (Phi) is 4.03. The molecule has 0 radical (unpaired) electrons. The first-order chi connectivity index (χ1) is 8.94. The smallest absolute Gasteiger partial charge is 0.406 e. The van der Waals surface area contributed by atoms with Gasteiger partial charge in [-0.25, -0.2) is 4.79 Å². The number of thioether (sulfide) groups is 1. The molecule has 3 unspecified atom stereocenters. The molecule has 7 heteroatoms. The standard InChI is InChI=1S/C12H18N2O4S/c1-7(15)13-12(14-11(17)18)6-19-9-5-3-2-4-8(16)10(9)12/h9-10,14H,2-6H2,1H3,(H,13,15)(H,17,18). The van der Waals surface area contributed by atoms with E-state index in [4.69, 9.17) is 5.11 Å². The van der Waals surface area contributed by atoms with Crippen molar-refractivity contribution < 1.29 is 19.5 Å². The lowest BCUT2D eigenvalue weighted by Crippen LogP contribution is -2.66. The molecular weight excluding hydrogens is 268 g/mol. The normalized spacial score (nSPS) is 34.3. The Morgan fingerprint density at radius 1 is 1.37 bits per heavy atom. The van der Waals surface area contributed by atoms with Gasteiger partial charge in [0.1, 0.15) is 11.4 Å². The second kappa shape index (κ2) is 5.40. The summed E-state index contributed by atoms with van der Waals surface area (Å²) in [6.45, 7) is 1.34. The number of carboxylic acid groups (broad SMARTS) is 1. The van der Waals surface area contributed by atoms with Crippen LogP contribution >= 0.6 is 11.8 Å². The molecule has 1 saturated heterocycles. The van der Waals surface area contributed by atoms with Gasteiger partial charge in [-0.2, -0.15) is 11.8 Å². The molecule has 19 heavy (non-hydrogen) atoms.